The zero-order valence-corrected chi connectivity index (χ0v) is 11.2. The van der Waals surface area contributed by atoms with E-state index in [-0.39, 0.29) is 11.3 Å². The third-order valence-corrected chi connectivity index (χ3v) is 3.50. The summed E-state index contributed by atoms with van der Waals surface area (Å²) >= 11 is 0. The Labute approximate surface area is 94.8 Å². The predicted molar refractivity (Wildman–Crippen MR) is 64.9 cm³/mol. The maximum atomic E-state index is 5.73. The number of hydrogen-bond acceptors (Lipinski definition) is 2. The molecule has 1 saturated carbocycles. The van der Waals surface area contributed by atoms with Crippen LogP contribution in [0.1, 0.15) is 60.3 Å². The first-order chi connectivity index (χ1) is 6.79. The minimum atomic E-state index is -0.0690. The van der Waals surface area contributed by atoms with Crippen LogP contribution in [-0.2, 0) is 4.74 Å². The Morgan fingerprint density at radius 3 is 2.33 bits per heavy atom. The maximum absolute atomic E-state index is 5.73. The summed E-state index contributed by atoms with van der Waals surface area (Å²) in [4.78, 5) is 0. The van der Waals surface area contributed by atoms with Gasteiger partial charge in [-0.3, -0.25) is 5.32 Å². The summed E-state index contributed by atoms with van der Waals surface area (Å²) in [6, 6.07) is 0. The summed E-state index contributed by atoms with van der Waals surface area (Å²) in [5.74, 6) is 0. The van der Waals surface area contributed by atoms with Gasteiger partial charge in [0.2, 0.25) is 0 Å². The monoisotopic (exact) mass is 213 g/mol. The molecule has 0 saturated heterocycles. The van der Waals surface area contributed by atoms with Gasteiger partial charge in [0.1, 0.15) is 5.72 Å². The quantitative estimate of drug-likeness (QED) is 0.707. The second kappa shape index (κ2) is 4.06. The smallest absolute Gasteiger partial charge is 0.125 e. The molecule has 15 heavy (non-hydrogen) atoms. The fourth-order valence-corrected chi connectivity index (χ4v) is 2.53. The fourth-order valence-electron chi connectivity index (χ4n) is 2.53. The van der Waals surface area contributed by atoms with Gasteiger partial charge in [0.05, 0.1) is 0 Å². The molecule has 0 radical (unpaired) electrons. The van der Waals surface area contributed by atoms with Crippen molar-refractivity contribution in [3.05, 3.63) is 0 Å². The van der Waals surface area contributed by atoms with Crippen molar-refractivity contribution in [2.45, 2.75) is 71.6 Å². The lowest BCUT2D eigenvalue weighted by Gasteiger charge is -2.31. The van der Waals surface area contributed by atoms with Crippen molar-refractivity contribution in [1.82, 2.24) is 5.32 Å². The van der Waals surface area contributed by atoms with Gasteiger partial charge in [-0.1, -0.05) is 26.7 Å². The Hall–Kier alpha value is -0.0800. The Morgan fingerprint density at radius 1 is 1.33 bits per heavy atom. The summed E-state index contributed by atoms with van der Waals surface area (Å²) in [5.41, 5.74) is 0.394. The van der Waals surface area contributed by atoms with Crippen LogP contribution in [0.2, 0.25) is 0 Å². The lowest BCUT2D eigenvalue weighted by Crippen LogP contribution is -2.49. The fraction of sp³-hybridized carbons (Fsp3) is 1.00. The molecule has 1 N–H and O–H groups in total. The van der Waals surface area contributed by atoms with Crippen molar-refractivity contribution < 1.29 is 4.74 Å². The first kappa shape index (κ1) is 13.0. The molecule has 0 aliphatic heterocycles. The van der Waals surface area contributed by atoms with E-state index in [1.165, 1.54) is 19.3 Å². The number of unbranched alkanes of at least 4 members (excludes halogenated alkanes) is 1. The summed E-state index contributed by atoms with van der Waals surface area (Å²) < 4.78 is 5.73. The zero-order valence-electron chi connectivity index (χ0n) is 11.2. The molecule has 0 aromatic rings. The standard InChI is InChI=1S/C13H27NO/c1-7-8-9-12(5)10-13(12,15-6)14-11(2,3)4/h14H,7-10H2,1-6H3. The van der Waals surface area contributed by atoms with Gasteiger partial charge in [-0.2, -0.15) is 0 Å². The first-order valence-electron chi connectivity index (χ1n) is 6.13. The second-order valence-corrected chi connectivity index (χ2v) is 6.25. The highest BCUT2D eigenvalue weighted by molar-refractivity contribution is 5.14. The van der Waals surface area contributed by atoms with Crippen LogP contribution in [0.4, 0.5) is 0 Å². The highest BCUT2D eigenvalue weighted by atomic mass is 16.5. The average Bonchev–Trinajstić information content (AvgIpc) is 2.66. The molecule has 2 atom stereocenters. The molecule has 1 aliphatic carbocycles. The molecule has 0 aromatic carbocycles. The normalized spacial score (nSPS) is 35.6. The minimum Gasteiger partial charge on any atom is -0.363 e. The molecule has 0 amide bonds. The summed E-state index contributed by atoms with van der Waals surface area (Å²) in [7, 11) is 1.83. The molecular weight excluding hydrogens is 186 g/mol. The lowest BCUT2D eigenvalue weighted by atomic mass is 9.98. The van der Waals surface area contributed by atoms with Gasteiger partial charge in [0, 0.05) is 18.1 Å². The molecule has 1 aliphatic rings. The van der Waals surface area contributed by atoms with Gasteiger partial charge in [0.25, 0.3) is 0 Å². The van der Waals surface area contributed by atoms with Gasteiger partial charge >= 0.3 is 0 Å². The molecule has 2 heteroatoms. The van der Waals surface area contributed by atoms with Gasteiger partial charge in [-0.05, 0) is 33.6 Å². The average molecular weight is 213 g/mol. The van der Waals surface area contributed by atoms with Crippen molar-refractivity contribution in [2.75, 3.05) is 7.11 Å². The van der Waals surface area contributed by atoms with Crippen molar-refractivity contribution >= 4 is 0 Å². The van der Waals surface area contributed by atoms with Crippen LogP contribution >= 0.6 is 0 Å². The Bertz CT molecular complexity index is 221. The van der Waals surface area contributed by atoms with E-state index in [9.17, 15) is 0 Å². The predicted octanol–water partition coefficient (Wildman–Crippen LogP) is 3.32. The van der Waals surface area contributed by atoms with Crippen LogP contribution in [0, 0.1) is 5.41 Å². The van der Waals surface area contributed by atoms with Gasteiger partial charge in [-0.25, -0.2) is 0 Å². The van der Waals surface area contributed by atoms with Crippen LogP contribution in [-0.4, -0.2) is 18.4 Å². The summed E-state index contributed by atoms with van der Waals surface area (Å²) in [6.45, 7) is 11.2. The van der Waals surface area contributed by atoms with Crippen LogP contribution in [0.25, 0.3) is 0 Å². The van der Waals surface area contributed by atoms with Crippen molar-refractivity contribution in [2.24, 2.45) is 5.41 Å². The van der Waals surface area contributed by atoms with E-state index in [1.807, 2.05) is 7.11 Å². The van der Waals surface area contributed by atoms with Crippen molar-refractivity contribution in [3.63, 3.8) is 0 Å². The van der Waals surface area contributed by atoms with Crippen LogP contribution in [0.3, 0.4) is 0 Å². The Morgan fingerprint density at radius 2 is 1.93 bits per heavy atom. The van der Waals surface area contributed by atoms with E-state index >= 15 is 0 Å². The molecule has 0 bridgehead atoms. The van der Waals surface area contributed by atoms with Crippen LogP contribution < -0.4 is 5.32 Å². The number of rotatable bonds is 5. The van der Waals surface area contributed by atoms with Crippen molar-refractivity contribution in [3.8, 4) is 0 Å². The maximum Gasteiger partial charge on any atom is 0.125 e. The molecular formula is C13H27NO. The van der Waals surface area contributed by atoms with Gasteiger partial charge in [-0.15, -0.1) is 0 Å². The van der Waals surface area contributed by atoms with E-state index in [0.717, 1.165) is 6.42 Å². The molecule has 90 valence electrons. The lowest BCUT2D eigenvalue weighted by molar-refractivity contribution is -0.00563. The zero-order chi connectivity index (χ0) is 11.7. The van der Waals surface area contributed by atoms with Gasteiger partial charge in [0.15, 0.2) is 0 Å². The SMILES string of the molecule is CCCCC1(C)CC1(NC(C)(C)C)OC. The topological polar surface area (TPSA) is 21.3 Å². The summed E-state index contributed by atoms with van der Waals surface area (Å²) in [6.07, 6.45) is 4.98. The minimum absolute atomic E-state index is 0.0690. The number of ether oxygens (including phenoxy) is 1. The Balaban J connectivity index is 2.59. The molecule has 1 rings (SSSR count). The van der Waals surface area contributed by atoms with E-state index in [1.54, 1.807) is 0 Å². The molecule has 0 heterocycles. The molecule has 2 unspecified atom stereocenters. The molecule has 2 nitrogen and oxygen atoms in total. The number of nitrogens with one attached hydrogen (secondary N) is 1. The molecule has 0 spiro atoms. The second-order valence-electron chi connectivity index (χ2n) is 6.25. The highest BCUT2D eigenvalue weighted by Crippen LogP contribution is 2.60. The first-order valence-corrected chi connectivity index (χ1v) is 6.13. The molecule has 0 aromatic heterocycles. The largest absolute Gasteiger partial charge is 0.363 e. The van der Waals surface area contributed by atoms with Gasteiger partial charge < -0.3 is 4.74 Å². The number of hydrogen-bond donors (Lipinski definition) is 1. The third-order valence-electron chi connectivity index (χ3n) is 3.50. The Kier molecular flexibility index (Phi) is 3.52. The third kappa shape index (κ3) is 2.73. The molecule has 1 fully saturated rings. The van der Waals surface area contributed by atoms with Crippen LogP contribution in [0.15, 0.2) is 0 Å². The van der Waals surface area contributed by atoms with Crippen molar-refractivity contribution in [1.29, 1.82) is 0 Å². The van der Waals surface area contributed by atoms with E-state index in [4.69, 9.17) is 4.74 Å². The van der Waals surface area contributed by atoms with E-state index in [0.29, 0.717) is 5.41 Å². The highest BCUT2D eigenvalue weighted by Gasteiger charge is 2.65. The van der Waals surface area contributed by atoms with Crippen LogP contribution in [0.5, 0.6) is 0 Å². The van der Waals surface area contributed by atoms with E-state index in [2.05, 4.69) is 39.9 Å². The number of methoxy groups -OCH3 is 1. The summed E-state index contributed by atoms with van der Waals surface area (Å²) in [5, 5.41) is 3.63. The van der Waals surface area contributed by atoms with E-state index < -0.39 is 0 Å².